The molecule has 1 aromatic carbocycles. The molecule has 0 amide bonds. The highest BCUT2D eigenvalue weighted by Crippen LogP contribution is 2.22. The third-order valence-corrected chi connectivity index (χ3v) is 5.67. The van der Waals surface area contributed by atoms with Crippen LogP contribution in [-0.4, -0.2) is 34.0 Å². The van der Waals surface area contributed by atoms with E-state index in [0.29, 0.717) is 30.2 Å². The molecule has 3 aromatic rings. The van der Waals surface area contributed by atoms with E-state index in [1.54, 1.807) is 30.6 Å². The van der Waals surface area contributed by atoms with Crippen molar-refractivity contribution in [2.75, 3.05) is 18.0 Å². The van der Waals surface area contributed by atoms with Gasteiger partial charge in [-0.1, -0.05) is 0 Å². The monoisotopic (exact) mass is 428 g/mol. The Morgan fingerprint density at radius 1 is 1.13 bits per heavy atom. The van der Waals surface area contributed by atoms with Gasteiger partial charge in [-0.2, -0.15) is 0 Å². The molecular formula is C21H21FN4O3S. The van der Waals surface area contributed by atoms with Gasteiger partial charge >= 0.3 is 5.97 Å². The number of carbonyl (C=O) groups is 1. The zero-order valence-corrected chi connectivity index (χ0v) is 17.1. The standard InChI is InChI=1S/C21H21FN4O3S/c22-16-2-4-18(5-3-16)28-13-19-25-17(14-30-19)12-29-20(27)15-6-10-26(11-7-15)21-23-8-1-9-24-21/h1-5,8-9,14-15H,6-7,10-13H2. The predicted molar refractivity (Wildman–Crippen MR) is 110 cm³/mol. The molecule has 0 bridgehead atoms. The third kappa shape index (κ3) is 5.29. The number of hydrogen-bond donors (Lipinski definition) is 0. The molecule has 30 heavy (non-hydrogen) atoms. The first-order chi connectivity index (χ1) is 14.7. The normalized spacial score (nSPS) is 14.5. The van der Waals surface area contributed by atoms with Crippen LogP contribution in [0.3, 0.4) is 0 Å². The van der Waals surface area contributed by atoms with Crippen LogP contribution in [0.4, 0.5) is 10.3 Å². The Labute approximate surface area is 177 Å². The predicted octanol–water partition coefficient (Wildman–Crippen LogP) is 3.61. The molecule has 1 saturated heterocycles. The van der Waals surface area contributed by atoms with E-state index in [9.17, 15) is 9.18 Å². The van der Waals surface area contributed by atoms with E-state index in [1.807, 2.05) is 5.38 Å². The van der Waals surface area contributed by atoms with E-state index < -0.39 is 0 Å². The molecule has 9 heteroatoms. The van der Waals surface area contributed by atoms with Crippen LogP contribution in [0.1, 0.15) is 23.5 Å². The number of anilines is 1. The molecule has 4 rings (SSSR count). The summed E-state index contributed by atoms with van der Waals surface area (Å²) in [7, 11) is 0. The van der Waals surface area contributed by atoms with E-state index in [-0.39, 0.29) is 30.9 Å². The SMILES string of the molecule is O=C(OCc1csc(COc2ccc(F)cc2)n1)C1CCN(c2ncccn2)CC1. The average Bonchev–Trinajstić information content (AvgIpc) is 3.26. The van der Waals surface area contributed by atoms with Crippen molar-refractivity contribution in [3.63, 3.8) is 0 Å². The third-order valence-electron chi connectivity index (χ3n) is 4.80. The van der Waals surface area contributed by atoms with Gasteiger partial charge in [-0.3, -0.25) is 4.79 Å². The molecule has 0 aliphatic carbocycles. The maximum Gasteiger partial charge on any atom is 0.309 e. The minimum Gasteiger partial charge on any atom is -0.486 e. The van der Waals surface area contributed by atoms with Gasteiger partial charge in [0.2, 0.25) is 5.95 Å². The van der Waals surface area contributed by atoms with E-state index in [2.05, 4.69) is 19.9 Å². The minimum absolute atomic E-state index is 0.120. The molecule has 156 valence electrons. The fraction of sp³-hybridized carbons (Fsp3) is 0.333. The number of rotatable bonds is 7. The van der Waals surface area contributed by atoms with Gasteiger partial charge in [0.15, 0.2) is 0 Å². The minimum atomic E-state index is -0.306. The summed E-state index contributed by atoms with van der Waals surface area (Å²) in [5, 5.41) is 2.62. The van der Waals surface area contributed by atoms with Gasteiger partial charge in [0.05, 0.1) is 11.6 Å². The van der Waals surface area contributed by atoms with Crippen molar-refractivity contribution >= 4 is 23.3 Å². The quantitative estimate of drug-likeness (QED) is 0.532. The Kier molecular flexibility index (Phi) is 6.48. The Morgan fingerprint density at radius 2 is 1.87 bits per heavy atom. The van der Waals surface area contributed by atoms with Gasteiger partial charge in [-0.15, -0.1) is 11.3 Å². The van der Waals surface area contributed by atoms with E-state index >= 15 is 0 Å². The van der Waals surface area contributed by atoms with Crippen LogP contribution in [0, 0.1) is 11.7 Å². The highest BCUT2D eigenvalue weighted by molar-refractivity contribution is 7.09. The zero-order chi connectivity index (χ0) is 20.8. The number of carbonyl (C=O) groups excluding carboxylic acids is 1. The molecular weight excluding hydrogens is 407 g/mol. The number of thiazole rings is 1. The van der Waals surface area contributed by atoms with Crippen LogP contribution < -0.4 is 9.64 Å². The molecule has 0 unspecified atom stereocenters. The maximum atomic E-state index is 12.9. The van der Waals surface area contributed by atoms with Gasteiger partial charge in [0.25, 0.3) is 0 Å². The van der Waals surface area contributed by atoms with Crippen LogP contribution in [-0.2, 0) is 22.7 Å². The highest BCUT2D eigenvalue weighted by Gasteiger charge is 2.27. The lowest BCUT2D eigenvalue weighted by atomic mass is 9.97. The Balaban J connectivity index is 1.20. The lowest BCUT2D eigenvalue weighted by Crippen LogP contribution is -2.37. The van der Waals surface area contributed by atoms with Crippen molar-refractivity contribution in [2.45, 2.75) is 26.1 Å². The van der Waals surface area contributed by atoms with Crippen molar-refractivity contribution < 1.29 is 18.7 Å². The topological polar surface area (TPSA) is 77.4 Å². The molecule has 2 aromatic heterocycles. The summed E-state index contributed by atoms with van der Waals surface area (Å²) >= 11 is 1.44. The Bertz CT molecular complexity index is 960. The van der Waals surface area contributed by atoms with Crippen molar-refractivity contribution in [1.82, 2.24) is 15.0 Å². The second-order valence-electron chi connectivity index (χ2n) is 6.89. The first kappa shape index (κ1) is 20.2. The van der Waals surface area contributed by atoms with Gasteiger partial charge in [0, 0.05) is 30.9 Å². The van der Waals surface area contributed by atoms with E-state index in [1.165, 1.54) is 23.5 Å². The summed E-state index contributed by atoms with van der Waals surface area (Å²) in [5.41, 5.74) is 0.696. The van der Waals surface area contributed by atoms with Crippen LogP contribution in [0.25, 0.3) is 0 Å². The Hall–Kier alpha value is -3.07. The summed E-state index contributed by atoms with van der Waals surface area (Å²) in [6.07, 6.45) is 4.86. The summed E-state index contributed by atoms with van der Waals surface area (Å²) in [6, 6.07) is 7.62. The van der Waals surface area contributed by atoms with Gasteiger partial charge in [-0.05, 0) is 43.2 Å². The van der Waals surface area contributed by atoms with Crippen LogP contribution in [0.5, 0.6) is 5.75 Å². The number of benzene rings is 1. The average molecular weight is 428 g/mol. The molecule has 0 saturated carbocycles. The molecule has 1 aliphatic heterocycles. The number of esters is 1. The molecule has 1 aliphatic rings. The highest BCUT2D eigenvalue weighted by atomic mass is 32.1. The number of nitrogens with zero attached hydrogens (tertiary/aromatic N) is 4. The van der Waals surface area contributed by atoms with Gasteiger partial charge < -0.3 is 14.4 Å². The second-order valence-corrected chi connectivity index (χ2v) is 7.84. The summed E-state index contributed by atoms with van der Waals surface area (Å²) < 4.78 is 24.0. The first-order valence-electron chi connectivity index (χ1n) is 9.67. The van der Waals surface area contributed by atoms with Crippen LogP contribution in [0.2, 0.25) is 0 Å². The molecule has 3 heterocycles. The fourth-order valence-electron chi connectivity index (χ4n) is 3.19. The largest absolute Gasteiger partial charge is 0.486 e. The summed E-state index contributed by atoms with van der Waals surface area (Å²) in [5.74, 6) is 0.652. The van der Waals surface area contributed by atoms with Crippen LogP contribution >= 0.6 is 11.3 Å². The van der Waals surface area contributed by atoms with Crippen molar-refractivity contribution in [2.24, 2.45) is 5.92 Å². The molecule has 0 radical (unpaired) electrons. The molecule has 0 spiro atoms. The van der Waals surface area contributed by atoms with E-state index in [0.717, 1.165) is 18.1 Å². The van der Waals surface area contributed by atoms with Gasteiger partial charge in [-0.25, -0.2) is 19.3 Å². The Morgan fingerprint density at radius 3 is 2.60 bits per heavy atom. The lowest BCUT2D eigenvalue weighted by molar-refractivity contribution is -0.150. The van der Waals surface area contributed by atoms with Crippen molar-refractivity contribution in [3.05, 3.63) is 64.6 Å². The maximum absolute atomic E-state index is 12.9. The summed E-state index contributed by atoms with van der Waals surface area (Å²) in [6.45, 7) is 1.88. The molecule has 0 N–H and O–H groups in total. The molecule has 1 fully saturated rings. The first-order valence-corrected chi connectivity index (χ1v) is 10.6. The molecule has 7 nitrogen and oxygen atoms in total. The number of piperidine rings is 1. The van der Waals surface area contributed by atoms with Crippen LogP contribution in [0.15, 0.2) is 48.1 Å². The second kappa shape index (κ2) is 9.62. The number of ether oxygens (including phenoxy) is 2. The smallest absolute Gasteiger partial charge is 0.309 e. The van der Waals surface area contributed by atoms with Gasteiger partial charge in [0.1, 0.15) is 29.8 Å². The fourth-order valence-corrected chi connectivity index (χ4v) is 3.88. The number of aromatic nitrogens is 3. The zero-order valence-electron chi connectivity index (χ0n) is 16.2. The molecule has 0 atom stereocenters. The van der Waals surface area contributed by atoms with E-state index in [4.69, 9.17) is 9.47 Å². The summed E-state index contributed by atoms with van der Waals surface area (Å²) in [4.78, 5) is 27.4. The number of hydrogen-bond acceptors (Lipinski definition) is 8. The van der Waals surface area contributed by atoms with Crippen molar-refractivity contribution in [3.8, 4) is 5.75 Å². The lowest BCUT2D eigenvalue weighted by Gasteiger charge is -2.30. The number of halogens is 1. The van der Waals surface area contributed by atoms with Crippen molar-refractivity contribution in [1.29, 1.82) is 0 Å².